The molecule has 2 aromatic carbocycles. The van der Waals surface area contributed by atoms with Crippen molar-refractivity contribution in [2.45, 2.75) is 13.8 Å². The van der Waals surface area contributed by atoms with E-state index < -0.39 is 0 Å². The first-order valence-corrected chi connectivity index (χ1v) is 10.8. The van der Waals surface area contributed by atoms with Crippen LogP contribution < -0.4 is 10.3 Å². The fourth-order valence-corrected chi connectivity index (χ4v) is 3.89. The highest BCUT2D eigenvalue weighted by atomic mass is 16.5. The molecule has 0 fully saturated rings. The third-order valence-electron chi connectivity index (χ3n) is 5.72. The van der Waals surface area contributed by atoms with Crippen LogP contribution in [0.3, 0.4) is 0 Å². The van der Waals surface area contributed by atoms with Crippen LogP contribution in [0.15, 0.2) is 71.7 Å². The van der Waals surface area contributed by atoms with E-state index in [1.165, 1.54) is 10.5 Å². The summed E-state index contributed by atoms with van der Waals surface area (Å²) >= 11 is 0. The molecule has 0 N–H and O–H groups in total. The van der Waals surface area contributed by atoms with Gasteiger partial charge in [-0.25, -0.2) is 4.98 Å². The van der Waals surface area contributed by atoms with Crippen molar-refractivity contribution in [1.29, 1.82) is 5.26 Å². The summed E-state index contributed by atoms with van der Waals surface area (Å²) in [6.45, 7) is 3.87. The van der Waals surface area contributed by atoms with Gasteiger partial charge in [0.1, 0.15) is 23.0 Å². The molecule has 0 amide bonds. The van der Waals surface area contributed by atoms with E-state index in [9.17, 15) is 10.1 Å². The van der Waals surface area contributed by atoms with Gasteiger partial charge in [0.25, 0.3) is 5.56 Å². The van der Waals surface area contributed by atoms with Crippen molar-refractivity contribution in [1.82, 2.24) is 18.9 Å². The van der Waals surface area contributed by atoms with Crippen molar-refractivity contribution in [2.24, 2.45) is 7.05 Å². The van der Waals surface area contributed by atoms with E-state index in [1.807, 2.05) is 80.1 Å². The topological polar surface area (TPSA) is 85.2 Å². The number of rotatable bonds is 4. The van der Waals surface area contributed by atoms with Crippen LogP contribution in [-0.2, 0) is 7.05 Å². The zero-order valence-electron chi connectivity index (χ0n) is 19.0. The Morgan fingerprint density at radius 1 is 1.03 bits per heavy atom. The second-order valence-corrected chi connectivity index (χ2v) is 8.09. The first-order chi connectivity index (χ1) is 16.5. The molecule has 0 spiro atoms. The number of nitriles is 1. The summed E-state index contributed by atoms with van der Waals surface area (Å²) in [4.78, 5) is 22.8. The zero-order valence-corrected chi connectivity index (χ0v) is 19.0. The molecule has 0 radical (unpaired) electrons. The van der Waals surface area contributed by atoms with Crippen LogP contribution >= 0.6 is 0 Å². The fraction of sp³-hybridized carbons (Fsp3) is 0.111. The minimum Gasteiger partial charge on any atom is -0.438 e. The molecular formula is C27H21N5O2. The third kappa shape index (κ3) is 3.61. The standard InChI is InChI=1S/C27H21N5O2/c1-17-10-12-20(13-11-17)34-26-21(27(33)32-14-6-7-18(2)24(32)30-26)15-19(16-28)25-29-22-8-4-5-9-23(22)31(25)3/h4-15H,1-3H3/b19-15+. The quantitative estimate of drug-likeness (QED) is 0.360. The van der Waals surface area contributed by atoms with Gasteiger partial charge >= 0.3 is 0 Å². The zero-order chi connectivity index (χ0) is 23.8. The van der Waals surface area contributed by atoms with Crippen molar-refractivity contribution in [2.75, 3.05) is 0 Å². The summed E-state index contributed by atoms with van der Waals surface area (Å²) < 4.78 is 9.37. The SMILES string of the molecule is Cc1ccc(Oc2nc3c(C)cccn3c(=O)c2/C=C(\C#N)c2nc3ccccc3n2C)cc1. The molecule has 0 unspecified atom stereocenters. The van der Waals surface area contributed by atoms with Crippen molar-refractivity contribution >= 4 is 28.3 Å². The maximum atomic E-state index is 13.5. The second kappa shape index (κ2) is 8.34. The number of benzene rings is 2. The Hall–Kier alpha value is -4.70. The van der Waals surface area contributed by atoms with Crippen LogP contribution in [0.5, 0.6) is 11.6 Å². The van der Waals surface area contributed by atoms with Crippen molar-refractivity contribution < 1.29 is 4.74 Å². The Balaban J connectivity index is 1.75. The number of aromatic nitrogens is 4. The number of para-hydroxylation sites is 2. The Kier molecular flexibility index (Phi) is 5.19. The highest BCUT2D eigenvalue weighted by Crippen LogP contribution is 2.27. The molecule has 0 saturated carbocycles. The van der Waals surface area contributed by atoms with Crippen molar-refractivity contribution in [3.63, 3.8) is 0 Å². The van der Waals surface area contributed by atoms with E-state index in [0.717, 1.165) is 22.2 Å². The van der Waals surface area contributed by atoms with E-state index in [4.69, 9.17) is 4.74 Å². The number of nitrogens with zero attached hydrogens (tertiary/aromatic N) is 5. The molecule has 0 aliphatic carbocycles. The number of fused-ring (bicyclic) bond motifs is 2. The van der Waals surface area contributed by atoms with Gasteiger partial charge in [-0.05, 0) is 55.8 Å². The van der Waals surface area contributed by atoms with E-state index in [-0.39, 0.29) is 22.6 Å². The normalized spacial score (nSPS) is 11.6. The molecule has 7 nitrogen and oxygen atoms in total. The van der Waals surface area contributed by atoms with Gasteiger partial charge in [-0.1, -0.05) is 35.9 Å². The van der Waals surface area contributed by atoms with Crippen LogP contribution in [0, 0.1) is 25.2 Å². The maximum absolute atomic E-state index is 13.5. The average Bonchev–Trinajstić information content (AvgIpc) is 3.17. The van der Waals surface area contributed by atoms with E-state index in [1.54, 1.807) is 12.3 Å². The van der Waals surface area contributed by atoms with Crippen molar-refractivity contribution in [3.8, 4) is 17.7 Å². The van der Waals surface area contributed by atoms with E-state index in [2.05, 4.69) is 16.0 Å². The number of imidazole rings is 1. The monoisotopic (exact) mass is 447 g/mol. The van der Waals surface area contributed by atoms with Gasteiger partial charge in [-0.3, -0.25) is 9.20 Å². The minimum absolute atomic E-state index is 0.134. The summed E-state index contributed by atoms with van der Waals surface area (Å²) in [5, 5.41) is 10.0. The highest BCUT2D eigenvalue weighted by Gasteiger charge is 2.18. The van der Waals surface area contributed by atoms with Gasteiger partial charge in [-0.15, -0.1) is 0 Å². The van der Waals surface area contributed by atoms with Gasteiger partial charge in [0.15, 0.2) is 5.82 Å². The molecule has 7 heteroatoms. The van der Waals surface area contributed by atoms with Gasteiger partial charge in [0.2, 0.25) is 5.88 Å². The predicted molar refractivity (Wildman–Crippen MR) is 132 cm³/mol. The Bertz CT molecular complexity index is 1690. The van der Waals surface area contributed by atoms with Crippen LogP contribution in [0.4, 0.5) is 0 Å². The Morgan fingerprint density at radius 3 is 2.53 bits per heavy atom. The lowest BCUT2D eigenvalue weighted by atomic mass is 10.1. The number of aryl methyl sites for hydroxylation is 3. The molecule has 3 heterocycles. The summed E-state index contributed by atoms with van der Waals surface area (Å²) in [6.07, 6.45) is 3.17. The lowest BCUT2D eigenvalue weighted by Gasteiger charge is -2.11. The Morgan fingerprint density at radius 2 is 1.79 bits per heavy atom. The summed E-state index contributed by atoms with van der Waals surface area (Å²) in [7, 11) is 1.84. The predicted octanol–water partition coefficient (Wildman–Crippen LogP) is 5.05. The first-order valence-electron chi connectivity index (χ1n) is 10.8. The smallest absolute Gasteiger partial charge is 0.269 e. The molecule has 3 aromatic heterocycles. The molecule has 0 bridgehead atoms. The molecule has 0 aliphatic heterocycles. The molecule has 0 saturated heterocycles. The van der Waals surface area contributed by atoms with Crippen LogP contribution in [0.1, 0.15) is 22.5 Å². The number of allylic oxidation sites excluding steroid dienone is 1. The lowest BCUT2D eigenvalue weighted by Crippen LogP contribution is -2.19. The molecule has 5 aromatic rings. The minimum atomic E-state index is -0.331. The molecule has 0 atom stereocenters. The molecule has 166 valence electrons. The average molecular weight is 447 g/mol. The molecule has 5 rings (SSSR count). The molecular weight excluding hydrogens is 426 g/mol. The fourth-order valence-electron chi connectivity index (χ4n) is 3.89. The van der Waals surface area contributed by atoms with Crippen molar-refractivity contribution in [3.05, 3.63) is 99.7 Å². The molecule has 34 heavy (non-hydrogen) atoms. The summed E-state index contributed by atoms with van der Waals surface area (Å²) in [5.41, 5.74) is 4.14. The van der Waals surface area contributed by atoms with E-state index in [0.29, 0.717) is 17.2 Å². The summed E-state index contributed by atoms with van der Waals surface area (Å²) in [5.74, 6) is 1.14. The second-order valence-electron chi connectivity index (χ2n) is 8.09. The molecule has 0 aliphatic rings. The highest BCUT2D eigenvalue weighted by molar-refractivity contribution is 5.91. The largest absolute Gasteiger partial charge is 0.438 e. The number of ether oxygens (including phenoxy) is 1. The van der Waals surface area contributed by atoms with E-state index >= 15 is 0 Å². The van der Waals surface area contributed by atoms with Crippen LogP contribution in [-0.4, -0.2) is 18.9 Å². The number of pyridine rings is 1. The van der Waals surface area contributed by atoms with Gasteiger partial charge in [0.05, 0.1) is 16.6 Å². The van der Waals surface area contributed by atoms with Crippen LogP contribution in [0.2, 0.25) is 0 Å². The maximum Gasteiger partial charge on any atom is 0.269 e. The first kappa shape index (κ1) is 21.2. The number of hydrogen-bond donors (Lipinski definition) is 0. The summed E-state index contributed by atoms with van der Waals surface area (Å²) in [6, 6.07) is 21.0. The van der Waals surface area contributed by atoms with Gasteiger partial charge in [0, 0.05) is 13.2 Å². The third-order valence-corrected chi connectivity index (χ3v) is 5.72. The van der Waals surface area contributed by atoms with Gasteiger partial charge in [-0.2, -0.15) is 10.2 Å². The number of hydrogen-bond acceptors (Lipinski definition) is 5. The van der Waals surface area contributed by atoms with Gasteiger partial charge < -0.3 is 9.30 Å². The lowest BCUT2D eigenvalue weighted by molar-refractivity contribution is 0.460. The Labute approximate surface area is 195 Å². The van der Waals surface area contributed by atoms with Crippen LogP contribution in [0.25, 0.3) is 28.3 Å².